The van der Waals surface area contributed by atoms with Crippen LogP contribution in [0.2, 0.25) is 0 Å². The van der Waals surface area contributed by atoms with Gasteiger partial charge in [-0.3, -0.25) is 0 Å². The molecule has 0 unspecified atom stereocenters. The van der Waals surface area contributed by atoms with E-state index in [1.165, 1.54) is 12.4 Å². The molecule has 0 spiro atoms. The van der Waals surface area contributed by atoms with Crippen molar-refractivity contribution in [3.05, 3.63) is 18.2 Å². The summed E-state index contributed by atoms with van der Waals surface area (Å²) < 4.78 is 12.7. The smallest absolute Gasteiger partial charge is 0.225 e. The number of nitrogens with zero attached hydrogens (tertiary/aromatic N) is 3. The highest BCUT2D eigenvalue weighted by Gasteiger charge is 2.25. The van der Waals surface area contributed by atoms with E-state index in [-0.39, 0.29) is 5.82 Å². The van der Waals surface area contributed by atoms with E-state index in [1.54, 1.807) is 0 Å². The molecule has 0 aliphatic carbocycles. The second kappa shape index (κ2) is 4.53. The summed E-state index contributed by atoms with van der Waals surface area (Å²) >= 11 is 0. The third-order valence-electron chi connectivity index (χ3n) is 2.53. The Balaban J connectivity index is 2.12. The Hall–Kier alpha value is -1.23. The van der Waals surface area contributed by atoms with Gasteiger partial charge in [-0.2, -0.15) is 0 Å². The minimum atomic E-state index is -0.387. The van der Waals surface area contributed by atoms with Gasteiger partial charge in [-0.1, -0.05) is 6.92 Å². The maximum Gasteiger partial charge on any atom is 0.225 e. The van der Waals surface area contributed by atoms with Crippen LogP contribution in [0.25, 0.3) is 0 Å². The molecular formula is C10H15FN4. The Morgan fingerprint density at radius 3 is 2.60 bits per heavy atom. The second-order valence-corrected chi connectivity index (χ2v) is 3.71. The van der Waals surface area contributed by atoms with E-state index >= 15 is 0 Å². The van der Waals surface area contributed by atoms with Crippen molar-refractivity contribution in [1.82, 2.24) is 15.3 Å². The van der Waals surface area contributed by atoms with Crippen LogP contribution in [0.4, 0.5) is 10.3 Å². The van der Waals surface area contributed by atoms with Gasteiger partial charge in [0.2, 0.25) is 5.95 Å². The molecule has 5 heteroatoms. The SMILES string of the molecule is CCCN(c1ncc(F)cn1)C1CNC1. The minimum Gasteiger partial charge on any atom is -0.335 e. The molecule has 1 aliphatic rings. The number of aromatic nitrogens is 2. The molecule has 2 heterocycles. The highest BCUT2D eigenvalue weighted by molar-refractivity contribution is 5.32. The molecule has 1 fully saturated rings. The maximum absolute atomic E-state index is 12.7. The molecule has 1 N–H and O–H groups in total. The molecule has 1 aromatic rings. The van der Waals surface area contributed by atoms with Crippen LogP contribution in [-0.4, -0.2) is 35.6 Å². The number of hydrogen-bond acceptors (Lipinski definition) is 4. The van der Waals surface area contributed by atoms with Crippen molar-refractivity contribution in [1.29, 1.82) is 0 Å². The lowest BCUT2D eigenvalue weighted by molar-refractivity contribution is 0.407. The Labute approximate surface area is 88.5 Å². The van der Waals surface area contributed by atoms with Gasteiger partial charge in [0.25, 0.3) is 0 Å². The van der Waals surface area contributed by atoms with Gasteiger partial charge in [-0.25, -0.2) is 14.4 Å². The first-order chi connectivity index (χ1) is 7.31. The largest absolute Gasteiger partial charge is 0.335 e. The summed E-state index contributed by atoms with van der Waals surface area (Å²) in [6, 6.07) is 0.454. The lowest BCUT2D eigenvalue weighted by atomic mass is 10.1. The summed E-state index contributed by atoms with van der Waals surface area (Å²) in [6.07, 6.45) is 3.48. The number of halogens is 1. The normalized spacial score (nSPS) is 16.1. The molecule has 1 aliphatic heterocycles. The summed E-state index contributed by atoms with van der Waals surface area (Å²) in [5.74, 6) is 0.242. The maximum atomic E-state index is 12.7. The average molecular weight is 210 g/mol. The fourth-order valence-electron chi connectivity index (χ4n) is 1.63. The molecule has 1 aromatic heterocycles. The van der Waals surface area contributed by atoms with Crippen molar-refractivity contribution >= 4 is 5.95 Å². The van der Waals surface area contributed by atoms with Crippen LogP contribution in [0.5, 0.6) is 0 Å². The van der Waals surface area contributed by atoms with Crippen LogP contribution < -0.4 is 10.2 Å². The van der Waals surface area contributed by atoms with Crippen LogP contribution in [0.3, 0.4) is 0 Å². The van der Waals surface area contributed by atoms with Gasteiger partial charge in [-0.15, -0.1) is 0 Å². The topological polar surface area (TPSA) is 41.1 Å². The first kappa shape index (κ1) is 10.3. The molecule has 0 saturated carbocycles. The second-order valence-electron chi connectivity index (χ2n) is 3.71. The zero-order valence-electron chi connectivity index (χ0n) is 8.78. The predicted molar refractivity (Wildman–Crippen MR) is 56.3 cm³/mol. The van der Waals surface area contributed by atoms with Crippen molar-refractivity contribution in [2.24, 2.45) is 0 Å². The zero-order chi connectivity index (χ0) is 10.7. The van der Waals surface area contributed by atoms with Gasteiger partial charge < -0.3 is 10.2 Å². The lowest BCUT2D eigenvalue weighted by Crippen LogP contribution is -2.58. The van der Waals surface area contributed by atoms with Gasteiger partial charge in [0, 0.05) is 19.6 Å². The van der Waals surface area contributed by atoms with Gasteiger partial charge >= 0.3 is 0 Å². The predicted octanol–water partition coefficient (Wildman–Crippen LogP) is 0.804. The van der Waals surface area contributed by atoms with E-state index in [1.807, 2.05) is 0 Å². The quantitative estimate of drug-likeness (QED) is 0.798. The standard InChI is InChI=1S/C10H15FN4/c1-2-3-15(9-6-12-7-9)10-13-4-8(11)5-14-10/h4-5,9,12H,2-3,6-7H2,1H3. The van der Waals surface area contributed by atoms with Gasteiger partial charge in [-0.05, 0) is 6.42 Å². The third-order valence-corrected chi connectivity index (χ3v) is 2.53. The summed E-state index contributed by atoms with van der Waals surface area (Å²) in [4.78, 5) is 10.2. The summed E-state index contributed by atoms with van der Waals surface area (Å²) in [7, 11) is 0. The van der Waals surface area contributed by atoms with E-state index in [9.17, 15) is 4.39 Å². The molecule has 0 bridgehead atoms. The summed E-state index contributed by atoms with van der Waals surface area (Å²) in [5, 5.41) is 3.21. The van der Waals surface area contributed by atoms with E-state index in [0.717, 1.165) is 26.1 Å². The fourth-order valence-corrected chi connectivity index (χ4v) is 1.63. The number of anilines is 1. The number of rotatable bonds is 4. The molecule has 4 nitrogen and oxygen atoms in total. The number of hydrogen-bond donors (Lipinski definition) is 1. The van der Waals surface area contributed by atoms with Gasteiger partial charge in [0.05, 0.1) is 18.4 Å². The molecular weight excluding hydrogens is 195 g/mol. The van der Waals surface area contributed by atoms with Gasteiger partial charge in [0.1, 0.15) is 0 Å². The highest BCUT2D eigenvalue weighted by atomic mass is 19.1. The van der Waals surface area contributed by atoms with E-state index in [4.69, 9.17) is 0 Å². The fraction of sp³-hybridized carbons (Fsp3) is 0.600. The number of nitrogens with one attached hydrogen (secondary N) is 1. The summed E-state index contributed by atoms with van der Waals surface area (Å²) in [6.45, 7) is 4.95. The van der Waals surface area contributed by atoms with Crippen LogP contribution in [0.1, 0.15) is 13.3 Å². The molecule has 1 saturated heterocycles. The van der Waals surface area contributed by atoms with E-state index in [2.05, 4.69) is 27.1 Å². The zero-order valence-corrected chi connectivity index (χ0v) is 8.78. The highest BCUT2D eigenvalue weighted by Crippen LogP contribution is 2.14. The Morgan fingerprint density at radius 1 is 1.47 bits per heavy atom. The van der Waals surface area contributed by atoms with Crippen LogP contribution >= 0.6 is 0 Å². The molecule has 82 valence electrons. The van der Waals surface area contributed by atoms with E-state index in [0.29, 0.717) is 12.0 Å². The minimum absolute atomic E-state index is 0.387. The van der Waals surface area contributed by atoms with Gasteiger partial charge in [0.15, 0.2) is 5.82 Å². The van der Waals surface area contributed by atoms with Crippen molar-refractivity contribution in [2.45, 2.75) is 19.4 Å². The molecule has 0 aromatic carbocycles. The molecule has 0 radical (unpaired) electrons. The van der Waals surface area contributed by atoms with Crippen molar-refractivity contribution in [3.63, 3.8) is 0 Å². The Bertz CT molecular complexity index is 310. The molecule has 0 amide bonds. The summed E-state index contributed by atoms with van der Waals surface area (Å²) in [5.41, 5.74) is 0. The molecule has 0 atom stereocenters. The first-order valence-corrected chi connectivity index (χ1v) is 5.26. The van der Waals surface area contributed by atoms with Crippen molar-refractivity contribution < 1.29 is 4.39 Å². The lowest BCUT2D eigenvalue weighted by Gasteiger charge is -2.38. The van der Waals surface area contributed by atoms with Crippen molar-refractivity contribution in [2.75, 3.05) is 24.5 Å². The van der Waals surface area contributed by atoms with Crippen LogP contribution in [0.15, 0.2) is 12.4 Å². The Kier molecular flexibility index (Phi) is 3.11. The van der Waals surface area contributed by atoms with Crippen molar-refractivity contribution in [3.8, 4) is 0 Å². The average Bonchev–Trinajstić information content (AvgIpc) is 2.16. The molecule has 2 rings (SSSR count). The monoisotopic (exact) mass is 210 g/mol. The van der Waals surface area contributed by atoms with Crippen LogP contribution in [0, 0.1) is 5.82 Å². The first-order valence-electron chi connectivity index (χ1n) is 5.26. The van der Waals surface area contributed by atoms with E-state index < -0.39 is 0 Å². The Morgan fingerprint density at radius 2 is 2.13 bits per heavy atom. The molecule has 15 heavy (non-hydrogen) atoms. The van der Waals surface area contributed by atoms with Crippen LogP contribution in [-0.2, 0) is 0 Å². The third kappa shape index (κ3) is 2.23.